The lowest BCUT2D eigenvalue weighted by Gasteiger charge is -2.30. The summed E-state index contributed by atoms with van der Waals surface area (Å²) < 4.78 is 49.5. The first-order chi connectivity index (χ1) is 20.2. The first-order valence-electron chi connectivity index (χ1n) is 14.1. The van der Waals surface area contributed by atoms with Gasteiger partial charge in [0, 0.05) is 17.5 Å². The molecule has 3 amide bonds. The second-order valence-corrected chi connectivity index (χ2v) is 10.7. The smallest absolute Gasteiger partial charge is 0.416 e. The van der Waals surface area contributed by atoms with Crippen molar-refractivity contribution in [2.45, 2.75) is 50.9 Å². The first kappa shape index (κ1) is 29.5. The van der Waals surface area contributed by atoms with E-state index in [9.17, 15) is 27.6 Å². The number of nitrogens with one attached hydrogen (secondary N) is 1. The highest BCUT2D eigenvalue weighted by Crippen LogP contribution is 2.34. The maximum absolute atomic E-state index is 13.0. The van der Waals surface area contributed by atoms with Crippen molar-refractivity contribution in [3.05, 3.63) is 59.2 Å². The number of alkyl halides is 3. The number of imide groups is 1. The average molecular weight is 584 g/mol. The van der Waals surface area contributed by atoms with Crippen LogP contribution in [0.15, 0.2) is 42.5 Å². The topological polar surface area (TPSA) is 88.2 Å². The molecule has 2 fully saturated rings. The Kier molecular flexibility index (Phi) is 9.02. The Balaban J connectivity index is 1.01. The highest BCUT2D eigenvalue weighted by atomic mass is 19.4. The predicted octanol–water partition coefficient (Wildman–Crippen LogP) is 4.03. The van der Waals surface area contributed by atoms with E-state index in [0.29, 0.717) is 42.6 Å². The van der Waals surface area contributed by atoms with Crippen LogP contribution >= 0.6 is 0 Å². The molecule has 0 aromatic heterocycles. The van der Waals surface area contributed by atoms with E-state index in [4.69, 9.17) is 9.47 Å². The van der Waals surface area contributed by atoms with Crippen LogP contribution in [0.2, 0.25) is 0 Å². The first-order valence-corrected chi connectivity index (χ1v) is 14.1. The van der Waals surface area contributed by atoms with E-state index in [2.05, 4.69) is 22.1 Å². The van der Waals surface area contributed by atoms with E-state index in [1.807, 2.05) is 6.07 Å². The molecule has 0 saturated carbocycles. The van der Waals surface area contributed by atoms with Crippen molar-refractivity contribution in [1.29, 1.82) is 0 Å². The van der Waals surface area contributed by atoms with Gasteiger partial charge in [0.15, 0.2) is 0 Å². The summed E-state index contributed by atoms with van der Waals surface area (Å²) in [6.07, 6.45) is -0.919. The van der Waals surface area contributed by atoms with Gasteiger partial charge in [-0.3, -0.25) is 24.6 Å². The van der Waals surface area contributed by atoms with Crippen LogP contribution in [0.25, 0.3) is 0 Å². The van der Waals surface area contributed by atoms with E-state index in [0.717, 1.165) is 50.0 Å². The molecule has 3 heterocycles. The van der Waals surface area contributed by atoms with Gasteiger partial charge in [0.2, 0.25) is 11.8 Å². The minimum atomic E-state index is -4.37. The number of likely N-dealkylation sites (tertiary alicyclic amines) is 1. The van der Waals surface area contributed by atoms with Gasteiger partial charge < -0.3 is 14.4 Å². The summed E-state index contributed by atoms with van der Waals surface area (Å²) in [5.74, 6) is 6.54. The number of amides is 3. The molecule has 3 aliphatic rings. The van der Waals surface area contributed by atoms with Gasteiger partial charge >= 0.3 is 6.18 Å². The summed E-state index contributed by atoms with van der Waals surface area (Å²) in [5.41, 5.74) is 0.605. The van der Waals surface area contributed by atoms with Gasteiger partial charge in [-0.1, -0.05) is 17.9 Å². The maximum atomic E-state index is 13.0. The third-order valence-corrected chi connectivity index (χ3v) is 7.95. The average Bonchev–Trinajstić information content (AvgIpc) is 3.30. The molecular formula is C31H32F3N3O5. The fourth-order valence-electron chi connectivity index (χ4n) is 5.54. The molecular weight excluding hydrogens is 551 g/mol. The number of carbonyl (C=O) groups is 3. The van der Waals surface area contributed by atoms with Crippen molar-refractivity contribution in [1.82, 2.24) is 15.1 Å². The third-order valence-electron chi connectivity index (χ3n) is 7.95. The Hall–Kier alpha value is -4.04. The Labute approximate surface area is 242 Å². The molecule has 1 atom stereocenters. The number of carbonyl (C=O) groups excluding carboxylic acids is 3. The molecule has 0 bridgehead atoms. The van der Waals surface area contributed by atoms with Gasteiger partial charge in [0.1, 0.15) is 24.1 Å². The van der Waals surface area contributed by atoms with Crippen molar-refractivity contribution < 1.29 is 37.0 Å². The highest BCUT2D eigenvalue weighted by Gasteiger charge is 2.40. The lowest BCUT2D eigenvalue weighted by atomic mass is 9.94. The summed E-state index contributed by atoms with van der Waals surface area (Å²) >= 11 is 0. The van der Waals surface area contributed by atoms with Crippen LogP contribution in [-0.4, -0.2) is 66.4 Å². The molecule has 11 heteroatoms. The van der Waals surface area contributed by atoms with Crippen LogP contribution in [-0.2, 0) is 22.3 Å². The number of ether oxygens (including phenoxy) is 2. The van der Waals surface area contributed by atoms with E-state index < -0.39 is 23.7 Å². The molecule has 42 heavy (non-hydrogen) atoms. The van der Waals surface area contributed by atoms with E-state index in [-0.39, 0.29) is 31.4 Å². The van der Waals surface area contributed by atoms with Crippen LogP contribution in [0.5, 0.6) is 11.5 Å². The Morgan fingerprint density at radius 3 is 2.43 bits per heavy atom. The number of fused-ring (bicyclic) bond motifs is 1. The second kappa shape index (κ2) is 12.9. The summed E-state index contributed by atoms with van der Waals surface area (Å²) in [7, 11) is 0. The molecule has 3 aliphatic heterocycles. The highest BCUT2D eigenvalue weighted by molar-refractivity contribution is 6.05. The standard InChI is InChI=1S/C31H32F3N3O5/c32-31(33,34)22-6-8-23(9-7-22)41-18-2-1-15-36-16-12-21(13-17-36)14-19-42-27-5-3-4-24-25(27)20-37(30(24)40)26-10-11-28(38)35-29(26)39/h3-9,21,26H,10-20H2,(H,35,38,39). The summed E-state index contributed by atoms with van der Waals surface area (Å²) in [6, 6.07) is 9.29. The molecule has 2 aromatic rings. The quantitative estimate of drug-likeness (QED) is 0.373. The summed E-state index contributed by atoms with van der Waals surface area (Å²) in [5, 5.41) is 2.32. The van der Waals surface area contributed by atoms with E-state index in [1.165, 1.54) is 17.0 Å². The minimum Gasteiger partial charge on any atom is -0.493 e. The normalized spacial score (nSPS) is 19.6. The molecule has 0 aliphatic carbocycles. The van der Waals surface area contributed by atoms with Gasteiger partial charge in [-0.05, 0) is 81.1 Å². The molecule has 1 unspecified atom stereocenters. The van der Waals surface area contributed by atoms with Crippen LogP contribution in [0, 0.1) is 17.8 Å². The van der Waals surface area contributed by atoms with Crippen molar-refractivity contribution in [2.75, 3.05) is 32.8 Å². The maximum Gasteiger partial charge on any atom is 0.416 e. The number of piperidine rings is 2. The number of nitrogens with zero attached hydrogens (tertiary/aromatic N) is 2. The number of benzene rings is 2. The summed E-state index contributed by atoms with van der Waals surface area (Å²) in [4.78, 5) is 40.6. The summed E-state index contributed by atoms with van der Waals surface area (Å²) in [6.45, 7) is 3.34. The lowest BCUT2D eigenvalue weighted by molar-refractivity contribution is -0.138. The lowest BCUT2D eigenvalue weighted by Crippen LogP contribution is -2.52. The van der Waals surface area contributed by atoms with Crippen molar-refractivity contribution in [3.63, 3.8) is 0 Å². The van der Waals surface area contributed by atoms with Crippen LogP contribution in [0.1, 0.15) is 53.6 Å². The molecule has 1 N–H and O–H groups in total. The largest absolute Gasteiger partial charge is 0.493 e. The minimum absolute atomic E-state index is 0.110. The molecule has 0 radical (unpaired) electrons. The zero-order valence-corrected chi connectivity index (χ0v) is 23.0. The molecule has 8 nitrogen and oxygen atoms in total. The zero-order chi connectivity index (χ0) is 29.7. The monoisotopic (exact) mass is 583 g/mol. The molecule has 0 spiro atoms. The third kappa shape index (κ3) is 7.05. The molecule has 222 valence electrons. The van der Waals surface area contributed by atoms with Crippen LogP contribution < -0.4 is 14.8 Å². The van der Waals surface area contributed by atoms with E-state index in [1.54, 1.807) is 12.1 Å². The fraction of sp³-hybridized carbons (Fsp3) is 0.452. The Morgan fingerprint density at radius 1 is 0.952 bits per heavy atom. The van der Waals surface area contributed by atoms with Crippen LogP contribution in [0.3, 0.4) is 0 Å². The zero-order valence-electron chi connectivity index (χ0n) is 23.0. The number of hydrogen-bond donors (Lipinski definition) is 1. The fourth-order valence-corrected chi connectivity index (χ4v) is 5.54. The number of rotatable bonds is 8. The van der Waals surface area contributed by atoms with Crippen molar-refractivity contribution >= 4 is 17.7 Å². The molecule has 2 aromatic carbocycles. The van der Waals surface area contributed by atoms with E-state index >= 15 is 0 Å². The second-order valence-electron chi connectivity index (χ2n) is 10.7. The van der Waals surface area contributed by atoms with Crippen molar-refractivity contribution in [2.24, 2.45) is 5.92 Å². The van der Waals surface area contributed by atoms with Gasteiger partial charge in [-0.25, -0.2) is 0 Å². The molecule has 2 saturated heterocycles. The van der Waals surface area contributed by atoms with Gasteiger partial charge in [0.05, 0.1) is 25.3 Å². The SMILES string of the molecule is O=C1CCC(N2Cc3c(OCCC4CCN(CC#CCOc5ccc(C(F)(F)F)cc5)CC4)cccc3C2=O)C(=O)N1. The Bertz CT molecular complexity index is 1370. The predicted molar refractivity (Wildman–Crippen MR) is 146 cm³/mol. The van der Waals surface area contributed by atoms with Gasteiger partial charge in [-0.15, -0.1) is 0 Å². The van der Waals surface area contributed by atoms with Crippen molar-refractivity contribution in [3.8, 4) is 23.3 Å². The Morgan fingerprint density at radius 2 is 1.71 bits per heavy atom. The van der Waals surface area contributed by atoms with Gasteiger partial charge in [-0.2, -0.15) is 13.2 Å². The number of hydrogen-bond acceptors (Lipinski definition) is 6. The van der Waals surface area contributed by atoms with Gasteiger partial charge in [0.25, 0.3) is 5.91 Å². The van der Waals surface area contributed by atoms with Crippen LogP contribution in [0.4, 0.5) is 13.2 Å². The number of halogens is 3. The molecule has 5 rings (SSSR count).